The molecule has 0 saturated heterocycles. The molecule has 6 nitrogen and oxygen atoms in total. The Morgan fingerprint density at radius 1 is 0.794 bits per heavy atom. The summed E-state index contributed by atoms with van der Waals surface area (Å²) in [6, 6.07) is -0.00398. The fourth-order valence-electron chi connectivity index (χ4n) is 3.07. The molecule has 1 heterocycles. The van der Waals surface area contributed by atoms with Crippen molar-refractivity contribution in [1.82, 2.24) is 5.32 Å². The maximum Gasteiger partial charge on any atom is 0.244 e. The van der Waals surface area contributed by atoms with Gasteiger partial charge in [-0.25, -0.2) is 0 Å². The van der Waals surface area contributed by atoms with Crippen molar-refractivity contribution in [2.24, 2.45) is 5.92 Å². The van der Waals surface area contributed by atoms with E-state index < -0.39 is 30.3 Å². The largest absolute Gasteiger partial charge is 0.390 e. The summed E-state index contributed by atoms with van der Waals surface area (Å²) in [4.78, 5) is 12.0. The molecule has 1 aliphatic heterocycles. The van der Waals surface area contributed by atoms with Crippen LogP contribution in [0.2, 0.25) is 0 Å². The van der Waals surface area contributed by atoms with Crippen molar-refractivity contribution >= 4 is 5.91 Å². The number of carbonyl (C=O) groups is 1. The zero-order chi connectivity index (χ0) is 25.3. The van der Waals surface area contributed by atoms with Crippen LogP contribution >= 0.6 is 0 Å². The van der Waals surface area contributed by atoms with Crippen molar-refractivity contribution in [1.29, 1.82) is 0 Å². The quantitative estimate of drug-likeness (QED) is 0.374. The van der Waals surface area contributed by atoms with E-state index in [2.05, 4.69) is 5.32 Å². The standard InChI is InChI=1S/C28H39NO5/c1-21-14-8-4-6-10-17-23(3)29-26(32)19-11-7-5-9-16-22(2)27(33)28(34)25(31)20-24(30)18-13-12-15-21/h4-16,18-19,22-25,27-28,30-31,33-34H,17,20H2,1-3H3,(H,29,32)/b7-5+,8-4+,10-6+,15-12+,16-9+,18-13-,19-11+,21-14+. The lowest BCUT2D eigenvalue weighted by molar-refractivity contribution is -0.117. The summed E-state index contributed by atoms with van der Waals surface area (Å²) < 4.78 is 0. The van der Waals surface area contributed by atoms with E-state index in [9.17, 15) is 25.2 Å². The van der Waals surface area contributed by atoms with Gasteiger partial charge in [-0.1, -0.05) is 97.6 Å². The van der Waals surface area contributed by atoms with Gasteiger partial charge in [0.15, 0.2) is 0 Å². The zero-order valence-electron chi connectivity index (χ0n) is 20.2. The van der Waals surface area contributed by atoms with Crippen molar-refractivity contribution < 1.29 is 25.2 Å². The number of hydrogen-bond donors (Lipinski definition) is 5. The van der Waals surface area contributed by atoms with Crippen molar-refractivity contribution in [2.45, 2.75) is 64.1 Å². The first-order valence-corrected chi connectivity index (χ1v) is 11.6. The molecule has 0 bridgehead atoms. The Morgan fingerprint density at radius 3 is 2.21 bits per heavy atom. The highest BCUT2D eigenvalue weighted by Crippen LogP contribution is 2.15. The molecule has 0 aromatic heterocycles. The maximum absolute atomic E-state index is 12.0. The number of allylic oxidation sites excluding steroid dienone is 12. The van der Waals surface area contributed by atoms with Crippen LogP contribution in [0.25, 0.3) is 0 Å². The predicted octanol–water partition coefficient (Wildman–Crippen LogP) is 3.20. The average molecular weight is 470 g/mol. The maximum atomic E-state index is 12.0. The Kier molecular flexibility index (Phi) is 14.4. The highest BCUT2D eigenvalue weighted by Gasteiger charge is 2.28. The van der Waals surface area contributed by atoms with E-state index in [0.717, 1.165) is 5.57 Å². The Labute approximate surface area is 203 Å². The number of carbonyl (C=O) groups excluding carboxylic acids is 1. The molecule has 5 N–H and O–H groups in total. The molecule has 1 amide bonds. The molecule has 0 spiro atoms. The topological polar surface area (TPSA) is 110 Å². The fourth-order valence-corrected chi connectivity index (χ4v) is 3.07. The first kappa shape index (κ1) is 29.3. The van der Waals surface area contributed by atoms with E-state index >= 15 is 0 Å². The van der Waals surface area contributed by atoms with Gasteiger partial charge in [-0.15, -0.1) is 0 Å². The van der Waals surface area contributed by atoms with Crippen LogP contribution < -0.4 is 5.32 Å². The van der Waals surface area contributed by atoms with E-state index in [1.54, 1.807) is 49.5 Å². The second-order valence-electron chi connectivity index (χ2n) is 8.45. The van der Waals surface area contributed by atoms with E-state index in [1.807, 2.05) is 50.3 Å². The van der Waals surface area contributed by atoms with Crippen molar-refractivity contribution in [3.05, 3.63) is 96.7 Å². The highest BCUT2D eigenvalue weighted by molar-refractivity contribution is 5.87. The second-order valence-corrected chi connectivity index (χ2v) is 8.45. The molecule has 0 aromatic rings. The monoisotopic (exact) mass is 469 g/mol. The molecule has 0 fully saturated rings. The summed E-state index contributed by atoms with van der Waals surface area (Å²) in [7, 11) is 0. The molecule has 1 aliphatic rings. The minimum atomic E-state index is -1.41. The van der Waals surface area contributed by atoms with Gasteiger partial charge < -0.3 is 25.7 Å². The molecular weight excluding hydrogens is 430 g/mol. The Balaban J connectivity index is 2.94. The van der Waals surface area contributed by atoms with Crippen molar-refractivity contribution in [3.8, 4) is 0 Å². The lowest BCUT2D eigenvalue weighted by atomic mass is 9.93. The van der Waals surface area contributed by atoms with Crippen LogP contribution in [0.1, 0.15) is 33.6 Å². The molecule has 1 rings (SSSR count). The predicted molar refractivity (Wildman–Crippen MR) is 138 cm³/mol. The van der Waals surface area contributed by atoms with Crippen LogP contribution in [-0.2, 0) is 4.79 Å². The highest BCUT2D eigenvalue weighted by atomic mass is 16.4. The minimum absolute atomic E-state index is 0.00398. The second kappa shape index (κ2) is 16.8. The molecule has 0 aromatic carbocycles. The summed E-state index contributed by atoms with van der Waals surface area (Å²) in [5.41, 5.74) is 1.01. The molecule has 6 atom stereocenters. The number of hydrogen-bond acceptors (Lipinski definition) is 5. The van der Waals surface area contributed by atoms with Gasteiger partial charge in [-0.05, 0) is 20.3 Å². The van der Waals surface area contributed by atoms with Gasteiger partial charge in [-0.2, -0.15) is 0 Å². The summed E-state index contributed by atoms with van der Waals surface area (Å²) in [5, 5.41) is 43.8. The number of aliphatic hydroxyl groups excluding tert-OH is 4. The molecule has 0 aliphatic carbocycles. The van der Waals surface area contributed by atoms with E-state index in [1.165, 1.54) is 12.2 Å². The Bertz CT molecular complexity index is 847. The summed E-state index contributed by atoms with van der Waals surface area (Å²) >= 11 is 0. The van der Waals surface area contributed by atoms with Gasteiger partial charge in [0.1, 0.15) is 6.10 Å². The SMILES string of the molecule is CC1=C\C=C\C=C\CC(C)NC(=O)/C=C/C=C/C=C/C(C)C(O)C(O)C(O)CC(O)/C=C\C=C\1. The van der Waals surface area contributed by atoms with Gasteiger partial charge in [0.05, 0.1) is 18.3 Å². The van der Waals surface area contributed by atoms with Crippen molar-refractivity contribution in [3.63, 3.8) is 0 Å². The average Bonchev–Trinajstić information content (AvgIpc) is 2.79. The summed E-state index contributed by atoms with van der Waals surface area (Å²) in [6.45, 7) is 5.59. The molecule has 0 radical (unpaired) electrons. The van der Waals surface area contributed by atoms with Crippen LogP contribution in [-0.4, -0.2) is 56.8 Å². The minimum Gasteiger partial charge on any atom is -0.390 e. The van der Waals surface area contributed by atoms with Crippen LogP contribution in [0.4, 0.5) is 0 Å². The summed E-state index contributed by atoms with van der Waals surface area (Å²) in [5.74, 6) is -0.623. The lowest BCUT2D eigenvalue weighted by Gasteiger charge is -2.26. The number of aliphatic hydroxyl groups is 4. The zero-order valence-corrected chi connectivity index (χ0v) is 20.2. The molecule has 0 saturated carbocycles. The van der Waals surface area contributed by atoms with Gasteiger partial charge in [0, 0.05) is 24.5 Å². The van der Waals surface area contributed by atoms with Crippen LogP contribution in [0.5, 0.6) is 0 Å². The normalized spacial score (nSPS) is 38.9. The van der Waals surface area contributed by atoms with Crippen molar-refractivity contribution in [2.75, 3.05) is 0 Å². The number of amides is 1. The molecule has 6 unspecified atom stereocenters. The van der Waals surface area contributed by atoms with Gasteiger partial charge >= 0.3 is 0 Å². The van der Waals surface area contributed by atoms with Crippen LogP contribution in [0.15, 0.2) is 96.7 Å². The third kappa shape index (κ3) is 13.1. The Morgan fingerprint density at radius 2 is 1.44 bits per heavy atom. The van der Waals surface area contributed by atoms with Gasteiger partial charge in [0.25, 0.3) is 0 Å². The van der Waals surface area contributed by atoms with Crippen LogP contribution in [0, 0.1) is 5.92 Å². The molecular formula is C28H39NO5. The summed E-state index contributed by atoms with van der Waals surface area (Å²) in [6.07, 6.45) is 22.1. The van der Waals surface area contributed by atoms with Gasteiger partial charge in [0.2, 0.25) is 5.91 Å². The molecule has 6 heteroatoms. The third-order valence-corrected chi connectivity index (χ3v) is 5.16. The smallest absolute Gasteiger partial charge is 0.244 e. The number of rotatable bonds is 0. The lowest BCUT2D eigenvalue weighted by Crippen LogP contribution is -2.41. The third-order valence-electron chi connectivity index (χ3n) is 5.16. The van der Waals surface area contributed by atoms with Crippen LogP contribution in [0.3, 0.4) is 0 Å². The van der Waals surface area contributed by atoms with E-state index in [4.69, 9.17) is 0 Å². The first-order valence-electron chi connectivity index (χ1n) is 11.6. The molecule has 186 valence electrons. The number of nitrogens with one attached hydrogen (secondary N) is 1. The molecule has 34 heavy (non-hydrogen) atoms. The fraction of sp³-hybridized carbons (Fsp3) is 0.393. The van der Waals surface area contributed by atoms with Gasteiger partial charge in [-0.3, -0.25) is 4.79 Å². The van der Waals surface area contributed by atoms with E-state index in [0.29, 0.717) is 6.42 Å². The first-order chi connectivity index (χ1) is 16.2. The Hall–Kier alpha value is -2.77. The van der Waals surface area contributed by atoms with E-state index in [-0.39, 0.29) is 18.4 Å².